The van der Waals surface area contributed by atoms with Gasteiger partial charge >= 0.3 is 25.7 Å². The van der Waals surface area contributed by atoms with Crippen LogP contribution in [-0.4, -0.2) is 204 Å². The zero-order valence-electron chi connectivity index (χ0n) is 60.0. The summed E-state index contributed by atoms with van der Waals surface area (Å²) in [7, 11) is -5.70. The summed E-state index contributed by atoms with van der Waals surface area (Å²) in [4.78, 5) is 51.0. The number of hydrogen-bond donors (Lipinski definition) is 11. The van der Waals surface area contributed by atoms with Gasteiger partial charge in [0.15, 0.2) is 18.7 Å². The smallest absolute Gasteiger partial charge is 0.463 e. The van der Waals surface area contributed by atoms with Gasteiger partial charge in [0, 0.05) is 19.3 Å². The molecule has 1 saturated carbocycles. The highest BCUT2D eigenvalue weighted by Gasteiger charge is 2.58. The van der Waals surface area contributed by atoms with Crippen molar-refractivity contribution < 1.29 is 117 Å². The molecular weight excluding hydrogens is 1290 g/mol. The van der Waals surface area contributed by atoms with Crippen LogP contribution in [0.3, 0.4) is 0 Å². The summed E-state index contributed by atoms with van der Waals surface area (Å²) in [6.45, 7) is 5.72. The van der Waals surface area contributed by atoms with Gasteiger partial charge in [-0.3, -0.25) is 23.4 Å². The number of carbonyl (C=O) groups is 3. The maximum absolute atomic E-state index is 14.3. The average molecular weight is 1430 g/mol. The Kier molecular flexibility index (Phi) is 49.5. The fraction of sp³-hybridized carbons (Fsp3) is 0.904. The fourth-order valence-electron chi connectivity index (χ4n) is 12.5. The summed E-state index contributed by atoms with van der Waals surface area (Å²) in [5.74, 6) is -1.33. The van der Waals surface area contributed by atoms with E-state index < -0.39 is 156 Å². The first-order valence-corrected chi connectivity index (χ1v) is 39.5. The first kappa shape index (κ1) is 89.7. The minimum atomic E-state index is -5.70. The lowest BCUT2D eigenvalue weighted by molar-refractivity contribution is -0.360. The fourth-order valence-corrected chi connectivity index (χ4v) is 13.5. The molecule has 0 amide bonds. The molecular formula is C73H133O24P. The van der Waals surface area contributed by atoms with Crippen LogP contribution >= 0.6 is 7.82 Å². The second-order valence-corrected chi connectivity index (χ2v) is 29.0. The molecule has 1 aliphatic carbocycles. The molecule has 19 unspecified atom stereocenters. The molecule has 25 heteroatoms. The van der Waals surface area contributed by atoms with Gasteiger partial charge in [0.25, 0.3) is 0 Å². The van der Waals surface area contributed by atoms with Crippen molar-refractivity contribution in [3.63, 3.8) is 0 Å². The largest absolute Gasteiger partial charge is 0.472 e. The number of ether oxygens (including phenoxy) is 7. The van der Waals surface area contributed by atoms with Crippen molar-refractivity contribution in [2.45, 2.75) is 389 Å². The van der Waals surface area contributed by atoms with Crippen molar-refractivity contribution in [1.82, 2.24) is 0 Å². The van der Waals surface area contributed by atoms with Crippen LogP contribution in [0.15, 0.2) is 24.3 Å². The molecule has 0 bridgehead atoms. The number of phosphoric ester groups is 1. The summed E-state index contributed by atoms with van der Waals surface area (Å²) in [6, 6.07) is 0. The molecule has 2 aliphatic heterocycles. The van der Waals surface area contributed by atoms with Crippen molar-refractivity contribution in [2.75, 3.05) is 26.4 Å². The van der Waals surface area contributed by atoms with E-state index >= 15 is 0 Å². The number of aliphatic hydroxyl groups excluding tert-OH is 10. The lowest BCUT2D eigenvalue weighted by Gasteiger charge is -2.49. The minimum absolute atomic E-state index is 0.0218. The third-order valence-corrected chi connectivity index (χ3v) is 19.8. The van der Waals surface area contributed by atoms with Crippen LogP contribution in [0.5, 0.6) is 0 Å². The normalized spacial score (nSPS) is 28.1. The molecule has 24 nitrogen and oxygen atoms in total. The Morgan fingerprint density at radius 3 is 1.21 bits per heavy atom. The summed E-state index contributed by atoms with van der Waals surface area (Å²) >= 11 is 0. The highest BCUT2D eigenvalue weighted by Crippen LogP contribution is 2.49. The van der Waals surface area contributed by atoms with Gasteiger partial charge in [-0.15, -0.1) is 0 Å². The van der Waals surface area contributed by atoms with Gasteiger partial charge in [-0.1, -0.05) is 219 Å². The number of allylic oxidation sites excluding steroid dienone is 4. The predicted octanol–water partition coefficient (Wildman–Crippen LogP) is 10.4. The number of unbranched alkanes of at least 4 members (excludes halogenated alkanes) is 29. The Labute approximate surface area is 585 Å². The van der Waals surface area contributed by atoms with Crippen LogP contribution in [0, 0.1) is 5.92 Å². The van der Waals surface area contributed by atoms with Crippen molar-refractivity contribution >= 4 is 25.7 Å². The number of esters is 3. The summed E-state index contributed by atoms with van der Waals surface area (Å²) in [6.07, 6.45) is 12.6. The molecule has 11 N–H and O–H groups in total. The quantitative estimate of drug-likeness (QED) is 0.00886. The molecule has 98 heavy (non-hydrogen) atoms. The van der Waals surface area contributed by atoms with E-state index in [-0.39, 0.29) is 19.3 Å². The van der Waals surface area contributed by atoms with E-state index in [9.17, 15) is 74.9 Å². The second-order valence-electron chi connectivity index (χ2n) is 27.6. The lowest BCUT2D eigenvalue weighted by Crippen LogP contribution is -2.69. The molecule has 3 rings (SSSR count). The topological polar surface area (TPSA) is 374 Å². The van der Waals surface area contributed by atoms with Crippen LogP contribution < -0.4 is 0 Å². The summed E-state index contributed by atoms with van der Waals surface area (Å²) in [5.41, 5.74) is 0. The number of carbonyl (C=O) groups excluding carboxylic acids is 3. The molecule has 3 fully saturated rings. The van der Waals surface area contributed by atoms with Gasteiger partial charge in [-0.2, -0.15) is 0 Å². The maximum atomic E-state index is 14.3. The van der Waals surface area contributed by atoms with E-state index in [0.717, 1.165) is 89.9 Å². The molecule has 574 valence electrons. The van der Waals surface area contributed by atoms with Gasteiger partial charge < -0.3 is 89.1 Å². The SMILES string of the molecule is CCCCCCCC/C=C\CCCCCC(=O)OCC(COP(=O)(O)OC1C(OC2OC(CO)C(O)C(O)C2O)C(O)C(O)C(O)C1OC1OC(COC(=O)CCCCCCCCC(C)CCCCCCCC)C(O)C(O)C1O)OC(=O)CCCCC/C=C\CCCCCCCCC. The minimum Gasteiger partial charge on any atom is -0.463 e. The summed E-state index contributed by atoms with van der Waals surface area (Å²) < 4.78 is 65.0. The first-order chi connectivity index (χ1) is 47.2. The van der Waals surface area contributed by atoms with E-state index in [0.29, 0.717) is 31.6 Å². The highest BCUT2D eigenvalue weighted by molar-refractivity contribution is 7.47. The van der Waals surface area contributed by atoms with Crippen LogP contribution in [0.4, 0.5) is 0 Å². The zero-order chi connectivity index (χ0) is 71.9. The number of aliphatic hydroxyl groups is 10. The predicted molar refractivity (Wildman–Crippen MR) is 370 cm³/mol. The molecule has 0 aromatic rings. The van der Waals surface area contributed by atoms with Crippen molar-refractivity contribution in [3.8, 4) is 0 Å². The van der Waals surface area contributed by atoms with Crippen LogP contribution in [0.25, 0.3) is 0 Å². The molecule has 2 heterocycles. The zero-order valence-corrected chi connectivity index (χ0v) is 60.9. The van der Waals surface area contributed by atoms with Crippen LogP contribution in [0.1, 0.15) is 285 Å². The molecule has 0 radical (unpaired) electrons. The molecule has 0 aromatic heterocycles. The Balaban J connectivity index is 1.74. The van der Waals surface area contributed by atoms with E-state index in [1.165, 1.54) is 122 Å². The number of phosphoric acid groups is 1. The van der Waals surface area contributed by atoms with Crippen molar-refractivity contribution in [2.24, 2.45) is 5.92 Å². The average Bonchev–Trinajstić information content (AvgIpc) is 0.763. The monoisotopic (exact) mass is 1420 g/mol. The first-order valence-electron chi connectivity index (χ1n) is 38.0. The third kappa shape index (κ3) is 37.2. The van der Waals surface area contributed by atoms with Crippen LogP contribution in [0.2, 0.25) is 0 Å². The van der Waals surface area contributed by atoms with E-state index in [1.807, 2.05) is 0 Å². The summed E-state index contributed by atoms with van der Waals surface area (Å²) in [5, 5.41) is 110. The van der Waals surface area contributed by atoms with Gasteiger partial charge in [0.1, 0.15) is 98.7 Å². The van der Waals surface area contributed by atoms with Crippen molar-refractivity contribution in [3.05, 3.63) is 24.3 Å². The van der Waals surface area contributed by atoms with Crippen LogP contribution in [-0.2, 0) is 61.2 Å². The van der Waals surface area contributed by atoms with E-state index in [1.54, 1.807) is 0 Å². The Bertz CT molecular complexity index is 2140. The van der Waals surface area contributed by atoms with E-state index in [4.69, 9.17) is 42.2 Å². The third-order valence-electron chi connectivity index (χ3n) is 18.8. The molecule has 0 spiro atoms. The second kappa shape index (κ2) is 54.1. The Morgan fingerprint density at radius 1 is 0.418 bits per heavy atom. The van der Waals surface area contributed by atoms with E-state index in [2.05, 4.69) is 52.0 Å². The molecule has 3 aliphatic rings. The molecule has 2 saturated heterocycles. The lowest BCUT2D eigenvalue weighted by atomic mass is 9.84. The number of rotatable bonds is 58. The van der Waals surface area contributed by atoms with Gasteiger partial charge in [-0.05, 0) is 76.5 Å². The number of hydrogen-bond acceptors (Lipinski definition) is 23. The standard InChI is InChI=1S/C73H133O24P/c1-5-8-11-14-17-19-21-23-25-27-29-31-38-43-48-59(77)92-54(50-89-57(75)46-41-36-30-28-26-24-22-20-18-15-12-9-6-2)51-91-98(87,88)97-71-69(95-72-67(85)62(80)60(78)55(49-74)93-72)65(83)64(82)66(84)70(71)96-73-68(86)63(81)61(79)56(94-73)52-90-58(76)47-42-37-33-32-35-40-45-53(4)44-39-34-16-13-10-7-3/h24-27,53-56,60-74,78-86H,5-23,28-52H2,1-4H3,(H,87,88)/b26-24-,27-25-. The van der Waals surface area contributed by atoms with Gasteiger partial charge in [0.05, 0.1) is 13.2 Å². The molecule has 0 aromatic carbocycles. The van der Waals surface area contributed by atoms with Crippen molar-refractivity contribution in [1.29, 1.82) is 0 Å². The van der Waals surface area contributed by atoms with Gasteiger partial charge in [-0.25, -0.2) is 4.57 Å². The molecule has 19 atom stereocenters. The van der Waals surface area contributed by atoms with Gasteiger partial charge in [0.2, 0.25) is 0 Å². The maximum Gasteiger partial charge on any atom is 0.472 e. The Hall–Kier alpha value is -2.56. The Morgan fingerprint density at radius 2 is 0.776 bits per heavy atom. The highest BCUT2D eigenvalue weighted by atomic mass is 31.2.